The number of aromatic nitrogens is 2. The van der Waals surface area contributed by atoms with Gasteiger partial charge in [0.05, 0.1) is 12.2 Å². The van der Waals surface area contributed by atoms with Gasteiger partial charge in [0.15, 0.2) is 0 Å². The Balaban J connectivity index is 1.76. The topological polar surface area (TPSA) is 44.0 Å². The van der Waals surface area contributed by atoms with Crippen LogP contribution in [0.3, 0.4) is 0 Å². The van der Waals surface area contributed by atoms with E-state index in [0.717, 1.165) is 18.1 Å². The zero-order chi connectivity index (χ0) is 9.80. The van der Waals surface area contributed by atoms with E-state index in [9.17, 15) is 0 Å². The Hall–Kier alpha value is -0.870. The van der Waals surface area contributed by atoms with Gasteiger partial charge in [0.25, 0.3) is 0 Å². The molecular weight excluding hydrogens is 176 g/mol. The summed E-state index contributed by atoms with van der Waals surface area (Å²) in [5.41, 5.74) is 4.57. The molecule has 0 aliphatic carbocycles. The predicted octanol–water partition coefficient (Wildman–Crippen LogP) is 1.21. The summed E-state index contributed by atoms with van der Waals surface area (Å²) in [5.74, 6) is 0.987. The van der Waals surface area contributed by atoms with Crippen molar-refractivity contribution < 1.29 is 0 Å². The van der Waals surface area contributed by atoms with Gasteiger partial charge in [0.2, 0.25) is 0 Å². The fourth-order valence-electron chi connectivity index (χ4n) is 1.81. The van der Waals surface area contributed by atoms with E-state index in [0.29, 0.717) is 0 Å². The van der Waals surface area contributed by atoms with E-state index in [1.165, 1.54) is 32.4 Å². The summed E-state index contributed by atoms with van der Waals surface area (Å²) in [6.45, 7) is 5.19. The molecule has 1 aliphatic heterocycles. The fraction of sp³-hybridized carbons (Fsp3) is 0.700. The maximum absolute atomic E-state index is 4.17. The molecular formula is C10H18N4. The van der Waals surface area contributed by atoms with Gasteiger partial charge in [-0.2, -0.15) is 0 Å². The largest absolute Gasteiger partial charge is 0.345 e. The minimum atomic E-state index is 0.862. The van der Waals surface area contributed by atoms with Crippen LogP contribution in [0.2, 0.25) is 0 Å². The highest BCUT2D eigenvalue weighted by Gasteiger charge is 2.09. The number of imidazole rings is 1. The predicted molar refractivity (Wildman–Crippen MR) is 55.6 cm³/mol. The van der Waals surface area contributed by atoms with Gasteiger partial charge in [-0.25, -0.2) is 15.4 Å². The first-order valence-corrected chi connectivity index (χ1v) is 5.33. The van der Waals surface area contributed by atoms with Crippen molar-refractivity contribution in [3.63, 3.8) is 0 Å². The van der Waals surface area contributed by atoms with E-state index in [4.69, 9.17) is 0 Å². The number of nitrogens with one attached hydrogen (secondary N) is 2. The molecule has 2 heterocycles. The lowest BCUT2D eigenvalue weighted by atomic mass is 10.2. The average molecular weight is 194 g/mol. The molecule has 78 valence electrons. The van der Waals surface area contributed by atoms with Gasteiger partial charge in [-0.15, -0.1) is 0 Å². The fourth-order valence-corrected chi connectivity index (χ4v) is 1.81. The first kappa shape index (κ1) is 9.68. The van der Waals surface area contributed by atoms with E-state index < -0.39 is 0 Å². The van der Waals surface area contributed by atoms with Crippen LogP contribution in [0.1, 0.15) is 30.8 Å². The zero-order valence-electron chi connectivity index (χ0n) is 8.71. The van der Waals surface area contributed by atoms with Gasteiger partial charge >= 0.3 is 0 Å². The number of aryl methyl sites for hydroxylation is 1. The number of piperidine rings is 1. The van der Waals surface area contributed by atoms with Gasteiger partial charge in [0, 0.05) is 19.3 Å². The Bertz CT molecular complexity index is 275. The SMILES string of the molecule is Cc1ncc(CNN2CCCCC2)[nH]1. The van der Waals surface area contributed by atoms with Crippen LogP contribution in [-0.2, 0) is 6.54 Å². The Morgan fingerprint density at radius 3 is 2.86 bits per heavy atom. The number of aromatic amines is 1. The third kappa shape index (κ3) is 2.56. The highest BCUT2D eigenvalue weighted by molar-refractivity contribution is 4.98. The van der Waals surface area contributed by atoms with Gasteiger partial charge in [-0.05, 0) is 19.8 Å². The average Bonchev–Trinajstić information content (AvgIpc) is 2.63. The molecule has 0 saturated carbocycles. The number of hydrogen-bond acceptors (Lipinski definition) is 3. The Labute approximate surface area is 84.7 Å². The first-order chi connectivity index (χ1) is 6.84. The Kier molecular flexibility index (Phi) is 3.16. The van der Waals surface area contributed by atoms with Crippen molar-refractivity contribution in [2.24, 2.45) is 0 Å². The maximum atomic E-state index is 4.17. The standard InChI is InChI=1S/C10H18N4/c1-9-11-7-10(13-9)8-12-14-5-3-2-4-6-14/h7,12H,2-6,8H2,1H3,(H,11,13). The summed E-state index contributed by atoms with van der Waals surface area (Å²) in [6.07, 6.45) is 5.90. The molecule has 0 aromatic carbocycles. The van der Waals surface area contributed by atoms with Crippen molar-refractivity contribution in [2.45, 2.75) is 32.7 Å². The number of H-pyrrole nitrogens is 1. The lowest BCUT2D eigenvalue weighted by Crippen LogP contribution is -2.41. The monoisotopic (exact) mass is 194 g/mol. The van der Waals surface area contributed by atoms with Crippen molar-refractivity contribution in [3.8, 4) is 0 Å². The molecule has 0 bridgehead atoms. The van der Waals surface area contributed by atoms with Gasteiger partial charge in [0.1, 0.15) is 5.82 Å². The molecule has 0 unspecified atom stereocenters. The van der Waals surface area contributed by atoms with Crippen molar-refractivity contribution in [1.29, 1.82) is 0 Å². The highest BCUT2D eigenvalue weighted by atomic mass is 15.5. The Morgan fingerprint density at radius 2 is 2.21 bits per heavy atom. The molecule has 14 heavy (non-hydrogen) atoms. The van der Waals surface area contributed by atoms with E-state index in [1.807, 2.05) is 13.1 Å². The molecule has 1 fully saturated rings. The third-order valence-corrected chi connectivity index (χ3v) is 2.60. The van der Waals surface area contributed by atoms with Crippen LogP contribution in [0.15, 0.2) is 6.20 Å². The summed E-state index contributed by atoms with van der Waals surface area (Å²) in [4.78, 5) is 7.38. The van der Waals surface area contributed by atoms with E-state index in [2.05, 4.69) is 20.4 Å². The van der Waals surface area contributed by atoms with Gasteiger partial charge in [-0.3, -0.25) is 0 Å². The summed E-state index contributed by atoms with van der Waals surface area (Å²) in [5, 5.41) is 2.31. The molecule has 1 aromatic heterocycles. The minimum Gasteiger partial charge on any atom is -0.345 e. The number of nitrogens with zero attached hydrogens (tertiary/aromatic N) is 2. The second-order valence-electron chi connectivity index (χ2n) is 3.88. The number of rotatable bonds is 3. The van der Waals surface area contributed by atoms with Gasteiger partial charge < -0.3 is 4.98 Å². The number of hydrogen-bond donors (Lipinski definition) is 2. The van der Waals surface area contributed by atoms with Crippen LogP contribution in [0.5, 0.6) is 0 Å². The van der Waals surface area contributed by atoms with Crippen LogP contribution < -0.4 is 5.43 Å². The van der Waals surface area contributed by atoms with Crippen LogP contribution in [0.25, 0.3) is 0 Å². The summed E-state index contributed by atoms with van der Waals surface area (Å²) < 4.78 is 0. The Morgan fingerprint density at radius 1 is 1.43 bits per heavy atom. The molecule has 0 atom stereocenters. The van der Waals surface area contributed by atoms with Crippen molar-refractivity contribution in [2.75, 3.05) is 13.1 Å². The van der Waals surface area contributed by atoms with Crippen molar-refractivity contribution >= 4 is 0 Å². The smallest absolute Gasteiger partial charge is 0.103 e. The maximum Gasteiger partial charge on any atom is 0.103 e. The first-order valence-electron chi connectivity index (χ1n) is 5.33. The molecule has 0 amide bonds. The van der Waals surface area contributed by atoms with Crippen LogP contribution in [-0.4, -0.2) is 28.1 Å². The summed E-state index contributed by atoms with van der Waals surface area (Å²) in [6, 6.07) is 0. The van der Waals surface area contributed by atoms with E-state index in [1.54, 1.807) is 0 Å². The lowest BCUT2D eigenvalue weighted by molar-refractivity contribution is 0.150. The van der Waals surface area contributed by atoms with E-state index >= 15 is 0 Å². The second kappa shape index (κ2) is 4.57. The molecule has 1 aromatic rings. The minimum absolute atomic E-state index is 0.862. The lowest BCUT2D eigenvalue weighted by Gasteiger charge is -2.26. The second-order valence-corrected chi connectivity index (χ2v) is 3.88. The van der Waals surface area contributed by atoms with Crippen LogP contribution in [0.4, 0.5) is 0 Å². The molecule has 4 nitrogen and oxygen atoms in total. The van der Waals surface area contributed by atoms with E-state index in [-0.39, 0.29) is 0 Å². The molecule has 2 rings (SSSR count). The van der Waals surface area contributed by atoms with Crippen molar-refractivity contribution in [3.05, 3.63) is 17.7 Å². The van der Waals surface area contributed by atoms with Crippen LogP contribution >= 0.6 is 0 Å². The molecule has 1 saturated heterocycles. The zero-order valence-corrected chi connectivity index (χ0v) is 8.71. The summed E-state index contributed by atoms with van der Waals surface area (Å²) in [7, 11) is 0. The summed E-state index contributed by atoms with van der Waals surface area (Å²) >= 11 is 0. The third-order valence-electron chi connectivity index (χ3n) is 2.60. The van der Waals surface area contributed by atoms with Gasteiger partial charge in [-0.1, -0.05) is 6.42 Å². The molecule has 2 N–H and O–H groups in total. The molecule has 0 spiro atoms. The quantitative estimate of drug-likeness (QED) is 0.760. The normalized spacial score (nSPS) is 18.6. The van der Waals surface area contributed by atoms with Crippen LogP contribution in [0, 0.1) is 6.92 Å². The molecule has 4 heteroatoms. The van der Waals surface area contributed by atoms with Crippen molar-refractivity contribution in [1.82, 2.24) is 20.4 Å². The number of hydrazine groups is 1. The molecule has 1 aliphatic rings. The molecule has 0 radical (unpaired) electrons. The highest BCUT2D eigenvalue weighted by Crippen LogP contribution is 2.06.